The molecule has 1 saturated heterocycles. The van der Waals surface area contributed by atoms with Crippen molar-refractivity contribution < 1.29 is 17.9 Å². The first-order chi connectivity index (χ1) is 15.7. The molecular formula is C25H35N3O4S. The van der Waals surface area contributed by atoms with Crippen molar-refractivity contribution in [1.29, 1.82) is 0 Å². The van der Waals surface area contributed by atoms with Crippen molar-refractivity contribution in [2.45, 2.75) is 44.1 Å². The molecule has 0 amide bonds. The first-order valence-corrected chi connectivity index (χ1v) is 12.9. The summed E-state index contributed by atoms with van der Waals surface area (Å²) in [7, 11) is -0.147. The van der Waals surface area contributed by atoms with Gasteiger partial charge in [-0.15, -0.1) is 0 Å². The van der Waals surface area contributed by atoms with Gasteiger partial charge in [0.25, 0.3) is 0 Å². The van der Waals surface area contributed by atoms with Crippen LogP contribution in [0.1, 0.15) is 47.0 Å². The number of carbonyl (C=O) groups excluding carboxylic acids is 1. The molecule has 0 radical (unpaired) electrons. The van der Waals surface area contributed by atoms with Crippen molar-refractivity contribution in [1.82, 2.24) is 14.5 Å². The number of likely N-dealkylation sites (N-methyl/N-ethyl adjacent to an activating group) is 1. The number of nitrogens with one attached hydrogen (secondary N) is 1. The maximum Gasteiger partial charge on any atom is 0.337 e. The van der Waals surface area contributed by atoms with E-state index in [9.17, 15) is 13.2 Å². The molecule has 3 atom stereocenters. The zero-order valence-corrected chi connectivity index (χ0v) is 20.7. The molecule has 3 rings (SSSR count). The largest absolute Gasteiger partial charge is 0.465 e. The van der Waals surface area contributed by atoms with Gasteiger partial charge in [-0.1, -0.05) is 42.5 Å². The summed E-state index contributed by atoms with van der Waals surface area (Å²) >= 11 is 0. The van der Waals surface area contributed by atoms with Crippen LogP contribution in [0.3, 0.4) is 0 Å². The number of methoxy groups -OCH3 is 1. The zero-order chi connectivity index (χ0) is 24.0. The van der Waals surface area contributed by atoms with Gasteiger partial charge in [-0.25, -0.2) is 17.9 Å². The number of carbonyl (C=O) groups is 1. The van der Waals surface area contributed by atoms with Gasteiger partial charge in [0.05, 0.1) is 12.7 Å². The molecule has 0 spiro atoms. The Kier molecular flexibility index (Phi) is 8.64. The fourth-order valence-electron chi connectivity index (χ4n) is 4.33. The van der Waals surface area contributed by atoms with Gasteiger partial charge in [-0.3, -0.25) is 4.90 Å². The Balaban J connectivity index is 1.70. The maximum absolute atomic E-state index is 13.4. The molecule has 1 aliphatic heterocycles. The average molecular weight is 474 g/mol. The molecule has 1 fully saturated rings. The van der Waals surface area contributed by atoms with Crippen LogP contribution in [0.15, 0.2) is 54.6 Å². The molecule has 1 heterocycles. The Labute approximate surface area is 197 Å². The van der Waals surface area contributed by atoms with Crippen LogP contribution in [-0.2, 0) is 21.3 Å². The van der Waals surface area contributed by atoms with E-state index in [1.165, 1.54) is 7.11 Å². The molecule has 0 bridgehead atoms. The van der Waals surface area contributed by atoms with E-state index in [-0.39, 0.29) is 6.54 Å². The third-order valence-corrected chi connectivity index (χ3v) is 8.35. The van der Waals surface area contributed by atoms with Crippen LogP contribution in [0.2, 0.25) is 0 Å². The molecule has 1 N–H and O–H groups in total. The third-order valence-electron chi connectivity index (χ3n) is 6.54. The summed E-state index contributed by atoms with van der Waals surface area (Å²) in [5, 5.41) is -0.640. The summed E-state index contributed by atoms with van der Waals surface area (Å²) in [6.07, 6.45) is 0.518. The predicted molar refractivity (Wildman–Crippen MR) is 130 cm³/mol. The Bertz CT molecular complexity index is 1000. The minimum absolute atomic E-state index is 0.162. The van der Waals surface area contributed by atoms with E-state index in [1.807, 2.05) is 30.3 Å². The Hall–Kier alpha value is -2.26. The third kappa shape index (κ3) is 6.63. The molecule has 180 valence electrons. The van der Waals surface area contributed by atoms with E-state index < -0.39 is 21.2 Å². The van der Waals surface area contributed by atoms with Gasteiger partial charge < -0.3 is 9.64 Å². The summed E-state index contributed by atoms with van der Waals surface area (Å²) in [6.45, 7) is 7.17. The number of piperazine rings is 1. The summed E-state index contributed by atoms with van der Waals surface area (Å²) in [5.41, 5.74) is 2.00. The van der Waals surface area contributed by atoms with Crippen LogP contribution in [0.4, 0.5) is 0 Å². The minimum atomic E-state index is -3.62. The van der Waals surface area contributed by atoms with Crippen LogP contribution in [-0.4, -0.2) is 70.1 Å². The van der Waals surface area contributed by atoms with Crippen LogP contribution in [0, 0.1) is 0 Å². The minimum Gasteiger partial charge on any atom is -0.465 e. The highest BCUT2D eigenvalue weighted by Gasteiger charge is 2.30. The Morgan fingerprint density at radius 3 is 2.24 bits per heavy atom. The highest BCUT2D eigenvalue weighted by molar-refractivity contribution is 7.89. The van der Waals surface area contributed by atoms with Gasteiger partial charge in [0, 0.05) is 31.7 Å². The summed E-state index contributed by atoms with van der Waals surface area (Å²) in [6, 6.07) is 17.0. The lowest BCUT2D eigenvalue weighted by Crippen LogP contribution is -2.55. The van der Waals surface area contributed by atoms with Crippen molar-refractivity contribution in [3.63, 3.8) is 0 Å². The van der Waals surface area contributed by atoms with E-state index in [4.69, 9.17) is 4.74 Å². The van der Waals surface area contributed by atoms with Gasteiger partial charge in [0.2, 0.25) is 10.0 Å². The first kappa shape index (κ1) is 25.4. The summed E-state index contributed by atoms with van der Waals surface area (Å²) in [5.74, 6) is -0.418. The number of hydrogen-bond acceptors (Lipinski definition) is 6. The molecule has 0 saturated carbocycles. The molecule has 1 aliphatic rings. The van der Waals surface area contributed by atoms with Crippen molar-refractivity contribution in [2.24, 2.45) is 0 Å². The zero-order valence-electron chi connectivity index (χ0n) is 19.9. The standard InChI is InChI=1S/C25H35N3O4S/c1-19-17-28(18-20(2)27(19)3)15-14-24(22-8-6-5-7-9-22)33(30,31)26-16-21-10-12-23(13-11-21)25(29)32-4/h5-13,19-20,24,26H,14-18H2,1-4H3/t19-,20+,24?. The molecule has 33 heavy (non-hydrogen) atoms. The van der Waals surface area contributed by atoms with Gasteiger partial charge in [-0.2, -0.15) is 0 Å². The second kappa shape index (κ2) is 11.2. The Morgan fingerprint density at radius 1 is 1.06 bits per heavy atom. The van der Waals surface area contributed by atoms with Gasteiger partial charge >= 0.3 is 5.97 Å². The lowest BCUT2D eigenvalue weighted by Gasteiger charge is -2.42. The fourth-order valence-corrected chi connectivity index (χ4v) is 5.83. The van der Waals surface area contributed by atoms with E-state index in [0.717, 1.165) is 30.8 Å². The van der Waals surface area contributed by atoms with Crippen molar-refractivity contribution >= 4 is 16.0 Å². The van der Waals surface area contributed by atoms with Crippen LogP contribution < -0.4 is 4.72 Å². The lowest BCUT2D eigenvalue weighted by molar-refractivity contribution is 0.0593. The van der Waals surface area contributed by atoms with Crippen molar-refractivity contribution in [3.8, 4) is 0 Å². The van der Waals surface area contributed by atoms with Crippen molar-refractivity contribution in [2.75, 3.05) is 33.8 Å². The van der Waals surface area contributed by atoms with Gasteiger partial charge in [0.15, 0.2) is 0 Å². The SMILES string of the molecule is COC(=O)c1ccc(CNS(=O)(=O)C(CCN2C[C@@H](C)N(C)[C@@H](C)C2)c2ccccc2)cc1. The number of nitrogens with zero attached hydrogens (tertiary/aromatic N) is 2. The van der Waals surface area contributed by atoms with Gasteiger partial charge in [-0.05, 0) is 57.1 Å². The summed E-state index contributed by atoms with van der Waals surface area (Å²) in [4.78, 5) is 16.3. The number of sulfonamides is 1. The quantitative estimate of drug-likeness (QED) is 0.564. The monoisotopic (exact) mass is 473 g/mol. The number of benzene rings is 2. The molecule has 7 nitrogen and oxygen atoms in total. The number of ether oxygens (including phenoxy) is 1. The molecular weight excluding hydrogens is 438 g/mol. The molecule has 2 aromatic rings. The number of hydrogen-bond donors (Lipinski definition) is 1. The number of rotatable bonds is 9. The lowest BCUT2D eigenvalue weighted by atomic mass is 10.1. The predicted octanol–water partition coefficient (Wildman–Crippen LogP) is 3.05. The van der Waals surface area contributed by atoms with E-state index in [0.29, 0.717) is 24.1 Å². The van der Waals surface area contributed by atoms with Crippen molar-refractivity contribution in [3.05, 3.63) is 71.3 Å². The van der Waals surface area contributed by atoms with E-state index in [1.54, 1.807) is 24.3 Å². The molecule has 1 unspecified atom stereocenters. The number of esters is 1. The summed E-state index contributed by atoms with van der Waals surface area (Å²) < 4.78 is 34.2. The van der Waals surface area contributed by atoms with Crippen LogP contribution in [0.5, 0.6) is 0 Å². The maximum atomic E-state index is 13.4. The topological polar surface area (TPSA) is 78.9 Å². The second-order valence-electron chi connectivity index (χ2n) is 8.87. The highest BCUT2D eigenvalue weighted by atomic mass is 32.2. The van der Waals surface area contributed by atoms with Gasteiger partial charge in [0.1, 0.15) is 5.25 Å². The van der Waals surface area contributed by atoms with Crippen LogP contribution in [0.25, 0.3) is 0 Å². The molecule has 0 aromatic heterocycles. The first-order valence-electron chi connectivity index (χ1n) is 11.4. The van der Waals surface area contributed by atoms with Crippen LogP contribution >= 0.6 is 0 Å². The normalized spacial score (nSPS) is 21.0. The van der Waals surface area contributed by atoms with E-state index in [2.05, 4.69) is 35.4 Å². The van der Waals surface area contributed by atoms with E-state index >= 15 is 0 Å². The Morgan fingerprint density at radius 2 is 1.67 bits per heavy atom. The molecule has 2 aromatic carbocycles. The molecule has 8 heteroatoms. The highest BCUT2D eigenvalue weighted by Crippen LogP contribution is 2.27. The smallest absolute Gasteiger partial charge is 0.337 e. The molecule has 0 aliphatic carbocycles. The fraction of sp³-hybridized carbons (Fsp3) is 0.480. The average Bonchev–Trinajstić information content (AvgIpc) is 2.81. The second-order valence-corrected chi connectivity index (χ2v) is 10.8.